The largest absolute Gasteiger partial charge is 0.441 e. The molecule has 1 amide bonds. The van der Waals surface area contributed by atoms with E-state index in [9.17, 15) is 13.2 Å². The first-order valence-electron chi connectivity index (χ1n) is 5.05. The predicted molar refractivity (Wildman–Crippen MR) is 57.5 cm³/mol. The summed E-state index contributed by atoms with van der Waals surface area (Å²) in [6.07, 6.45) is 0.00324. The summed E-state index contributed by atoms with van der Waals surface area (Å²) in [5, 5.41) is 0. The number of hydrogen-bond acceptors (Lipinski definition) is 5. The second kappa shape index (κ2) is 4.58. The van der Waals surface area contributed by atoms with Crippen LogP contribution in [-0.4, -0.2) is 50.5 Å². The van der Waals surface area contributed by atoms with E-state index in [4.69, 9.17) is 4.74 Å². The number of nitrogens with zero attached hydrogens (tertiary/aromatic N) is 1. The van der Waals surface area contributed by atoms with Crippen molar-refractivity contribution in [2.75, 3.05) is 12.9 Å². The summed E-state index contributed by atoms with van der Waals surface area (Å²) in [5.41, 5.74) is 0. The molecule has 0 aromatic heterocycles. The highest BCUT2D eigenvalue weighted by Gasteiger charge is 2.40. The van der Waals surface area contributed by atoms with E-state index in [0.717, 1.165) is 6.26 Å². The molecular formula is C9H17NO5S. The fraction of sp³-hybridized carbons (Fsp3) is 0.889. The number of ether oxygens (including phenoxy) is 1. The van der Waals surface area contributed by atoms with Gasteiger partial charge in [-0.25, -0.2) is 4.79 Å². The van der Waals surface area contributed by atoms with Crippen LogP contribution in [0.5, 0.6) is 0 Å². The van der Waals surface area contributed by atoms with Gasteiger partial charge in [0.25, 0.3) is 10.1 Å². The van der Waals surface area contributed by atoms with Crippen molar-refractivity contribution in [1.29, 1.82) is 0 Å². The average Bonchev–Trinajstić information content (AvgIpc) is 2.36. The molecule has 0 saturated carbocycles. The second-order valence-electron chi connectivity index (χ2n) is 4.15. The maximum Gasteiger partial charge on any atom is 0.410 e. The summed E-state index contributed by atoms with van der Waals surface area (Å²) in [6.45, 7) is 5.42. The number of amides is 1. The van der Waals surface area contributed by atoms with Gasteiger partial charge in [-0.05, 0) is 20.8 Å². The first kappa shape index (κ1) is 13.2. The molecule has 1 fully saturated rings. The quantitative estimate of drug-likeness (QED) is 0.683. The summed E-state index contributed by atoms with van der Waals surface area (Å²) in [5.74, 6) is 0. The van der Waals surface area contributed by atoms with Crippen LogP contribution in [0, 0.1) is 0 Å². The Bertz CT molecular complexity index is 364. The van der Waals surface area contributed by atoms with Crippen LogP contribution in [0.4, 0.5) is 4.79 Å². The lowest BCUT2D eigenvalue weighted by Gasteiger charge is -2.23. The minimum absolute atomic E-state index is 0.0192. The van der Waals surface area contributed by atoms with E-state index in [1.54, 1.807) is 11.8 Å². The zero-order valence-electron chi connectivity index (χ0n) is 9.84. The Labute approximate surface area is 95.6 Å². The highest BCUT2D eigenvalue weighted by molar-refractivity contribution is 7.85. The Balaban J connectivity index is 2.62. The van der Waals surface area contributed by atoms with Crippen molar-refractivity contribution in [1.82, 2.24) is 4.90 Å². The average molecular weight is 251 g/mol. The van der Waals surface area contributed by atoms with Gasteiger partial charge < -0.3 is 4.74 Å². The van der Waals surface area contributed by atoms with Gasteiger partial charge in [0.1, 0.15) is 12.7 Å². The third-order valence-electron chi connectivity index (χ3n) is 2.44. The van der Waals surface area contributed by atoms with Crippen molar-refractivity contribution >= 4 is 16.2 Å². The van der Waals surface area contributed by atoms with Crippen LogP contribution in [-0.2, 0) is 19.0 Å². The van der Waals surface area contributed by atoms with E-state index in [-0.39, 0.29) is 18.7 Å². The van der Waals surface area contributed by atoms with Gasteiger partial charge in [-0.1, -0.05) is 0 Å². The SMILES string of the molecule is CC(C)N1C(=O)OC(COS(C)(=O)=O)C1C. The van der Waals surface area contributed by atoms with Crippen molar-refractivity contribution in [3.8, 4) is 0 Å². The Morgan fingerprint density at radius 3 is 2.44 bits per heavy atom. The molecule has 0 aromatic carbocycles. The zero-order valence-corrected chi connectivity index (χ0v) is 10.7. The smallest absolute Gasteiger partial charge is 0.410 e. The number of cyclic esters (lactones) is 1. The van der Waals surface area contributed by atoms with E-state index >= 15 is 0 Å². The first-order chi connectivity index (χ1) is 7.22. The molecule has 7 heteroatoms. The van der Waals surface area contributed by atoms with Crippen LogP contribution in [0.2, 0.25) is 0 Å². The molecular weight excluding hydrogens is 234 g/mol. The number of carbonyl (C=O) groups is 1. The monoisotopic (exact) mass is 251 g/mol. The molecule has 94 valence electrons. The van der Waals surface area contributed by atoms with Crippen LogP contribution in [0.3, 0.4) is 0 Å². The third-order valence-corrected chi connectivity index (χ3v) is 3.01. The molecule has 0 aliphatic carbocycles. The fourth-order valence-corrected chi connectivity index (χ4v) is 2.06. The summed E-state index contributed by atoms with van der Waals surface area (Å²) in [7, 11) is -3.50. The normalized spacial score (nSPS) is 26.3. The van der Waals surface area contributed by atoms with Crippen LogP contribution < -0.4 is 0 Å². The molecule has 1 rings (SSSR count). The Hall–Kier alpha value is -0.820. The third kappa shape index (κ3) is 3.08. The van der Waals surface area contributed by atoms with Gasteiger partial charge in [-0.2, -0.15) is 8.42 Å². The van der Waals surface area contributed by atoms with E-state index < -0.39 is 22.3 Å². The molecule has 2 unspecified atom stereocenters. The van der Waals surface area contributed by atoms with Gasteiger partial charge >= 0.3 is 6.09 Å². The Morgan fingerprint density at radius 1 is 1.50 bits per heavy atom. The summed E-state index contributed by atoms with van der Waals surface area (Å²) in [4.78, 5) is 13.0. The molecule has 1 aliphatic rings. The van der Waals surface area contributed by atoms with Gasteiger partial charge in [-0.3, -0.25) is 9.08 Å². The molecule has 1 heterocycles. The van der Waals surface area contributed by atoms with Gasteiger partial charge in [0.15, 0.2) is 0 Å². The Morgan fingerprint density at radius 2 is 2.06 bits per heavy atom. The van der Waals surface area contributed by atoms with Gasteiger partial charge in [-0.15, -0.1) is 0 Å². The highest BCUT2D eigenvalue weighted by Crippen LogP contribution is 2.22. The maximum absolute atomic E-state index is 11.5. The molecule has 1 aliphatic heterocycles. The van der Waals surface area contributed by atoms with E-state index in [1.165, 1.54) is 0 Å². The van der Waals surface area contributed by atoms with Crippen molar-refractivity contribution in [2.45, 2.75) is 39.0 Å². The van der Waals surface area contributed by atoms with E-state index in [0.29, 0.717) is 0 Å². The number of rotatable bonds is 4. The molecule has 16 heavy (non-hydrogen) atoms. The summed E-state index contributed by atoms with van der Waals surface area (Å²) >= 11 is 0. The van der Waals surface area contributed by atoms with Crippen LogP contribution in [0.1, 0.15) is 20.8 Å². The lowest BCUT2D eigenvalue weighted by molar-refractivity contribution is 0.0966. The zero-order chi connectivity index (χ0) is 12.5. The number of carbonyl (C=O) groups excluding carboxylic acids is 1. The van der Waals surface area contributed by atoms with Crippen LogP contribution in [0.25, 0.3) is 0 Å². The second-order valence-corrected chi connectivity index (χ2v) is 5.80. The molecule has 0 N–H and O–H groups in total. The lowest BCUT2D eigenvalue weighted by Crippen LogP contribution is -2.40. The van der Waals surface area contributed by atoms with Gasteiger partial charge in [0.2, 0.25) is 0 Å². The standard InChI is InChI=1S/C9H17NO5S/c1-6(2)10-7(3)8(15-9(10)11)5-14-16(4,12)13/h6-8H,5H2,1-4H3. The lowest BCUT2D eigenvalue weighted by atomic mass is 10.1. The topological polar surface area (TPSA) is 72.9 Å². The van der Waals surface area contributed by atoms with E-state index in [1.807, 2.05) is 13.8 Å². The summed E-state index contributed by atoms with van der Waals surface area (Å²) < 4.78 is 31.3. The minimum Gasteiger partial charge on any atom is -0.441 e. The Kier molecular flexibility index (Phi) is 3.80. The highest BCUT2D eigenvalue weighted by atomic mass is 32.2. The van der Waals surface area contributed by atoms with Crippen LogP contribution in [0.15, 0.2) is 0 Å². The van der Waals surface area contributed by atoms with Crippen molar-refractivity contribution in [2.24, 2.45) is 0 Å². The minimum atomic E-state index is -3.50. The molecule has 0 aromatic rings. The van der Waals surface area contributed by atoms with Crippen molar-refractivity contribution in [3.63, 3.8) is 0 Å². The summed E-state index contributed by atoms with van der Waals surface area (Å²) in [6, 6.07) is -0.167. The van der Waals surface area contributed by atoms with Crippen molar-refractivity contribution < 1.29 is 22.1 Å². The molecule has 0 spiro atoms. The number of hydrogen-bond donors (Lipinski definition) is 0. The van der Waals surface area contributed by atoms with Gasteiger partial charge in [0, 0.05) is 6.04 Å². The fourth-order valence-electron chi connectivity index (χ4n) is 1.68. The van der Waals surface area contributed by atoms with Gasteiger partial charge in [0.05, 0.1) is 12.3 Å². The van der Waals surface area contributed by atoms with Crippen molar-refractivity contribution in [3.05, 3.63) is 0 Å². The first-order valence-corrected chi connectivity index (χ1v) is 6.87. The van der Waals surface area contributed by atoms with Crippen LogP contribution >= 0.6 is 0 Å². The molecule has 0 bridgehead atoms. The van der Waals surface area contributed by atoms with E-state index in [2.05, 4.69) is 4.18 Å². The molecule has 1 saturated heterocycles. The predicted octanol–water partition coefficient (Wildman–Crippen LogP) is 0.580. The molecule has 2 atom stereocenters. The maximum atomic E-state index is 11.5. The molecule has 6 nitrogen and oxygen atoms in total. The molecule has 0 radical (unpaired) electrons.